The summed E-state index contributed by atoms with van der Waals surface area (Å²) in [5.41, 5.74) is 2.65. The summed E-state index contributed by atoms with van der Waals surface area (Å²) >= 11 is 0. The van der Waals surface area contributed by atoms with E-state index in [0.717, 1.165) is 11.1 Å². The maximum absolute atomic E-state index is 12.8. The van der Waals surface area contributed by atoms with Gasteiger partial charge in [0.15, 0.2) is 12.4 Å². The summed E-state index contributed by atoms with van der Waals surface area (Å²) in [6.07, 6.45) is 0. The van der Waals surface area contributed by atoms with Gasteiger partial charge in [0.2, 0.25) is 0 Å². The Bertz CT molecular complexity index is 1090. The second-order valence-corrected chi connectivity index (χ2v) is 6.91. The molecule has 1 amide bonds. The van der Waals surface area contributed by atoms with Gasteiger partial charge in [-0.1, -0.05) is 66.2 Å². The zero-order valence-electron chi connectivity index (χ0n) is 17.4. The SMILES string of the molecule is COc1ccccc1CNC(=O)COC(=O)c1ccccc1C(=O)c1ccc(C)cc1. The van der Waals surface area contributed by atoms with Crippen molar-refractivity contribution in [1.29, 1.82) is 0 Å². The fraction of sp³-hybridized carbons (Fsp3) is 0.160. The highest BCUT2D eigenvalue weighted by Crippen LogP contribution is 2.18. The summed E-state index contributed by atoms with van der Waals surface area (Å²) in [5.74, 6) is -0.818. The molecule has 3 rings (SSSR count). The summed E-state index contributed by atoms with van der Waals surface area (Å²) < 4.78 is 10.4. The van der Waals surface area contributed by atoms with Crippen LogP contribution in [0.5, 0.6) is 5.75 Å². The van der Waals surface area contributed by atoms with Crippen LogP contribution in [0.1, 0.15) is 37.4 Å². The van der Waals surface area contributed by atoms with Gasteiger partial charge in [-0.15, -0.1) is 0 Å². The van der Waals surface area contributed by atoms with Crippen molar-refractivity contribution in [2.45, 2.75) is 13.5 Å². The molecule has 0 bridgehead atoms. The van der Waals surface area contributed by atoms with Crippen molar-refractivity contribution in [1.82, 2.24) is 5.32 Å². The molecule has 0 heterocycles. The molecule has 0 unspecified atom stereocenters. The molecule has 0 radical (unpaired) electrons. The van der Waals surface area contributed by atoms with Gasteiger partial charge in [0, 0.05) is 23.2 Å². The average molecular weight is 417 g/mol. The van der Waals surface area contributed by atoms with E-state index in [1.165, 1.54) is 6.07 Å². The predicted molar refractivity (Wildman–Crippen MR) is 116 cm³/mol. The minimum absolute atomic E-state index is 0.116. The van der Waals surface area contributed by atoms with Crippen LogP contribution in [0, 0.1) is 6.92 Å². The number of hydrogen-bond donors (Lipinski definition) is 1. The Hall–Kier alpha value is -3.93. The molecule has 0 aromatic heterocycles. The third-order valence-corrected chi connectivity index (χ3v) is 4.71. The lowest BCUT2D eigenvalue weighted by Gasteiger charge is -2.11. The van der Waals surface area contributed by atoms with Gasteiger partial charge in [0.1, 0.15) is 5.75 Å². The maximum atomic E-state index is 12.8. The first-order valence-corrected chi connectivity index (χ1v) is 9.75. The van der Waals surface area contributed by atoms with Gasteiger partial charge in [-0.2, -0.15) is 0 Å². The van der Waals surface area contributed by atoms with Crippen LogP contribution in [0.25, 0.3) is 0 Å². The van der Waals surface area contributed by atoms with Crippen molar-refractivity contribution in [2.24, 2.45) is 0 Å². The molecule has 0 aliphatic rings. The monoisotopic (exact) mass is 417 g/mol. The largest absolute Gasteiger partial charge is 0.496 e. The van der Waals surface area contributed by atoms with Crippen LogP contribution in [0.3, 0.4) is 0 Å². The molecule has 0 aliphatic heterocycles. The van der Waals surface area contributed by atoms with E-state index in [0.29, 0.717) is 11.3 Å². The molecular weight excluding hydrogens is 394 g/mol. The highest BCUT2D eigenvalue weighted by atomic mass is 16.5. The van der Waals surface area contributed by atoms with Crippen molar-refractivity contribution >= 4 is 17.7 Å². The second-order valence-electron chi connectivity index (χ2n) is 6.91. The first kappa shape index (κ1) is 21.8. The number of amides is 1. The standard InChI is InChI=1S/C25H23NO5/c1-17-11-13-18(14-12-17)24(28)20-8-4-5-9-21(20)25(29)31-16-23(27)26-15-19-7-3-6-10-22(19)30-2/h3-14H,15-16H2,1-2H3,(H,26,27). The maximum Gasteiger partial charge on any atom is 0.339 e. The number of methoxy groups -OCH3 is 1. The lowest BCUT2D eigenvalue weighted by Crippen LogP contribution is -2.28. The summed E-state index contributed by atoms with van der Waals surface area (Å²) in [5, 5.41) is 2.69. The van der Waals surface area contributed by atoms with Gasteiger partial charge in [-0.05, 0) is 19.1 Å². The van der Waals surface area contributed by atoms with E-state index >= 15 is 0 Å². The van der Waals surface area contributed by atoms with E-state index in [2.05, 4.69) is 5.32 Å². The Labute approximate surface area is 180 Å². The Balaban J connectivity index is 1.62. The molecule has 0 atom stereocenters. The van der Waals surface area contributed by atoms with Crippen LogP contribution < -0.4 is 10.1 Å². The Morgan fingerprint density at radius 3 is 2.19 bits per heavy atom. The molecule has 0 saturated heterocycles. The summed E-state index contributed by atoms with van der Waals surface area (Å²) in [6.45, 7) is 1.71. The van der Waals surface area contributed by atoms with E-state index in [4.69, 9.17) is 9.47 Å². The van der Waals surface area contributed by atoms with Gasteiger partial charge < -0.3 is 14.8 Å². The number of rotatable bonds is 8. The molecule has 0 saturated carbocycles. The van der Waals surface area contributed by atoms with Crippen molar-refractivity contribution in [3.8, 4) is 5.75 Å². The van der Waals surface area contributed by atoms with E-state index in [1.807, 2.05) is 37.3 Å². The molecule has 0 spiro atoms. The lowest BCUT2D eigenvalue weighted by molar-refractivity contribution is -0.124. The number of ketones is 1. The molecular formula is C25H23NO5. The highest BCUT2D eigenvalue weighted by molar-refractivity contribution is 6.14. The number of esters is 1. The summed E-state index contributed by atoms with van der Waals surface area (Å²) in [4.78, 5) is 37.5. The first-order valence-electron chi connectivity index (χ1n) is 9.75. The highest BCUT2D eigenvalue weighted by Gasteiger charge is 2.20. The van der Waals surface area contributed by atoms with Crippen molar-refractivity contribution < 1.29 is 23.9 Å². The molecule has 3 aromatic rings. The summed E-state index contributed by atoms with van der Waals surface area (Å²) in [7, 11) is 1.55. The average Bonchev–Trinajstić information content (AvgIpc) is 2.81. The zero-order chi connectivity index (χ0) is 22.2. The Morgan fingerprint density at radius 2 is 1.48 bits per heavy atom. The van der Waals surface area contributed by atoms with E-state index in [1.54, 1.807) is 43.5 Å². The lowest BCUT2D eigenvalue weighted by atomic mass is 9.98. The van der Waals surface area contributed by atoms with Gasteiger partial charge in [0.25, 0.3) is 5.91 Å². The quantitative estimate of drug-likeness (QED) is 0.446. The third kappa shape index (κ3) is 5.57. The van der Waals surface area contributed by atoms with Gasteiger partial charge in [-0.25, -0.2) is 4.79 Å². The zero-order valence-corrected chi connectivity index (χ0v) is 17.4. The molecule has 0 aliphatic carbocycles. The van der Waals surface area contributed by atoms with Gasteiger partial charge in [-0.3, -0.25) is 9.59 Å². The minimum Gasteiger partial charge on any atom is -0.496 e. The van der Waals surface area contributed by atoms with Crippen LogP contribution in [-0.4, -0.2) is 31.4 Å². The number of para-hydroxylation sites is 1. The molecule has 1 N–H and O–H groups in total. The van der Waals surface area contributed by atoms with E-state index in [-0.39, 0.29) is 23.5 Å². The number of benzene rings is 3. The normalized spacial score (nSPS) is 10.3. The number of carbonyl (C=O) groups excluding carboxylic acids is 3. The first-order chi connectivity index (χ1) is 15.0. The smallest absolute Gasteiger partial charge is 0.339 e. The Morgan fingerprint density at radius 1 is 0.839 bits per heavy atom. The number of aryl methyl sites for hydroxylation is 1. The molecule has 6 heteroatoms. The number of carbonyl (C=O) groups is 3. The molecule has 158 valence electrons. The molecule has 3 aromatic carbocycles. The number of hydrogen-bond acceptors (Lipinski definition) is 5. The van der Waals surface area contributed by atoms with Crippen LogP contribution in [-0.2, 0) is 16.1 Å². The third-order valence-electron chi connectivity index (χ3n) is 4.71. The molecule has 6 nitrogen and oxygen atoms in total. The topological polar surface area (TPSA) is 81.7 Å². The molecule has 31 heavy (non-hydrogen) atoms. The fourth-order valence-electron chi connectivity index (χ4n) is 3.02. The number of ether oxygens (including phenoxy) is 2. The van der Waals surface area contributed by atoms with Crippen LogP contribution >= 0.6 is 0 Å². The Kier molecular flexibility index (Phi) is 7.17. The van der Waals surface area contributed by atoms with Crippen molar-refractivity contribution in [3.05, 3.63) is 101 Å². The summed E-state index contributed by atoms with van der Waals surface area (Å²) in [6, 6.07) is 20.8. The minimum atomic E-state index is -0.733. The number of nitrogens with one attached hydrogen (secondary N) is 1. The molecule has 0 fully saturated rings. The second kappa shape index (κ2) is 10.2. The van der Waals surface area contributed by atoms with E-state index in [9.17, 15) is 14.4 Å². The van der Waals surface area contributed by atoms with Crippen molar-refractivity contribution in [2.75, 3.05) is 13.7 Å². The van der Waals surface area contributed by atoms with Crippen LogP contribution in [0.15, 0.2) is 72.8 Å². The fourth-order valence-corrected chi connectivity index (χ4v) is 3.02. The van der Waals surface area contributed by atoms with E-state index < -0.39 is 18.5 Å². The van der Waals surface area contributed by atoms with Crippen LogP contribution in [0.4, 0.5) is 0 Å². The predicted octanol–water partition coefficient (Wildman–Crippen LogP) is 3.71. The van der Waals surface area contributed by atoms with Gasteiger partial charge >= 0.3 is 5.97 Å². The van der Waals surface area contributed by atoms with Crippen LogP contribution in [0.2, 0.25) is 0 Å². The van der Waals surface area contributed by atoms with Gasteiger partial charge in [0.05, 0.1) is 12.7 Å². The van der Waals surface area contributed by atoms with Crippen molar-refractivity contribution in [3.63, 3.8) is 0 Å².